The van der Waals surface area contributed by atoms with Crippen LogP contribution >= 0.6 is 0 Å². The summed E-state index contributed by atoms with van der Waals surface area (Å²) in [5, 5.41) is 8.76. The minimum Gasteiger partial charge on any atom is -0.477 e. The van der Waals surface area contributed by atoms with Gasteiger partial charge in [-0.2, -0.15) is 26.3 Å². The minimum atomic E-state index is -5.92. The van der Waals surface area contributed by atoms with Crippen LogP contribution in [-0.4, -0.2) is 29.4 Å². The van der Waals surface area contributed by atoms with Crippen LogP contribution in [0.25, 0.3) is 11.0 Å². The lowest BCUT2D eigenvalue weighted by Crippen LogP contribution is -2.44. The van der Waals surface area contributed by atoms with Crippen LogP contribution in [0.5, 0.6) is 5.75 Å². The molecule has 0 unspecified atom stereocenters. The Kier molecular flexibility index (Phi) is 4.71. The van der Waals surface area contributed by atoms with Crippen LogP contribution < -0.4 is 10.4 Å². The number of carboxylic acid groups (broad SMARTS) is 1. The van der Waals surface area contributed by atoms with Crippen LogP contribution in [-0.2, 0) is 4.79 Å². The Bertz CT molecular complexity index is 912. The number of halogens is 6. The number of benzene rings is 1. The summed E-state index contributed by atoms with van der Waals surface area (Å²) in [5.74, 6) is -9.33. The van der Waals surface area contributed by atoms with E-state index in [2.05, 4.69) is 9.15 Å². The normalized spacial score (nSPS) is 12.4. The highest BCUT2D eigenvalue weighted by Crippen LogP contribution is 2.40. The number of carboxylic acids is 1. The maximum atomic E-state index is 12.5. The van der Waals surface area contributed by atoms with E-state index in [1.807, 2.05) is 0 Å². The Morgan fingerprint density at radius 1 is 1.04 bits per heavy atom. The van der Waals surface area contributed by atoms with Gasteiger partial charge in [-0.3, -0.25) is 4.79 Å². The van der Waals surface area contributed by atoms with E-state index in [9.17, 15) is 40.7 Å². The first-order valence-electron chi connectivity index (χ1n) is 6.47. The molecule has 0 bridgehead atoms. The van der Waals surface area contributed by atoms with Crippen molar-refractivity contribution in [3.63, 3.8) is 0 Å². The second kappa shape index (κ2) is 6.35. The molecule has 0 spiro atoms. The van der Waals surface area contributed by atoms with Gasteiger partial charge in [0, 0.05) is 11.5 Å². The van der Waals surface area contributed by atoms with Crippen LogP contribution in [0.4, 0.5) is 26.3 Å². The number of hydrogen-bond donors (Lipinski definition) is 1. The smallest absolute Gasteiger partial charge is 0.411 e. The number of esters is 1. The maximum absolute atomic E-state index is 12.5. The van der Waals surface area contributed by atoms with Crippen molar-refractivity contribution in [1.82, 2.24) is 0 Å². The predicted molar refractivity (Wildman–Crippen MR) is 70.7 cm³/mol. The van der Waals surface area contributed by atoms with Crippen LogP contribution in [0.2, 0.25) is 0 Å². The summed E-state index contributed by atoms with van der Waals surface area (Å²) in [6.45, 7) is 0. The highest BCUT2D eigenvalue weighted by Gasteiger charge is 2.62. The topological polar surface area (TPSA) is 93.8 Å². The predicted octanol–water partition coefficient (Wildman–Crippen LogP) is 3.14. The summed E-state index contributed by atoms with van der Waals surface area (Å²) in [4.78, 5) is 33.5. The molecule has 0 aliphatic rings. The number of rotatable bonds is 3. The van der Waals surface area contributed by atoms with Gasteiger partial charge in [-0.1, -0.05) is 0 Å². The van der Waals surface area contributed by atoms with Gasteiger partial charge in [0.05, 0.1) is 0 Å². The summed E-state index contributed by atoms with van der Waals surface area (Å²) < 4.78 is 83.5. The minimum absolute atomic E-state index is 0.00927. The molecule has 0 saturated heterocycles. The summed E-state index contributed by atoms with van der Waals surface area (Å²) >= 11 is 0. The first-order valence-corrected chi connectivity index (χ1v) is 6.47. The van der Waals surface area contributed by atoms with Crippen molar-refractivity contribution in [2.75, 3.05) is 0 Å². The third-order valence-electron chi connectivity index (χ3n) is 3.05. The molecule has 12 heteroatoms. The van der Waals surface area contributed by atoms with Crippen LogP contribution in [0, 0.1) is 5.92 Å². The van der Waals surface area contributed by atoms with Crippen molar-refractivity contribution in [2.24, 2.45) is 5.92 Å². The first kappa shape index (κ1) is 19.3. The standard InChI is InChI=1S/C14H6F6O6/c15-13(16,17)9(14(18,19)20)12(24)25-6-2-1-5-3-7(10(21)22)11(23)26-8(5)4-6/h1-4,9H,(H,21,22). The van der Waals surface area contributed by atoms with Crippen LogP contribution in [0.15, 0.2) is 33.5 Å². The van der Waals surface area contributed by atoms with E-state index in [1.165, 1.54) is 0 Å². The molecule has 0 aliphatic carbocycles. The van der Waals surface area contributed by atoms with Gasteiger partial charge >= 0.3 is 29.9 Å². The SMILES string of the molecule is O=C(O)c1cc2ccc(OC(=O)C(C(F)(F)F)C(F)(F)F)cc2oc1=O. The van der Waals surface area contributed by atoms with Gasteiger partial charge < -0.3 is 14.3 Å². The molecule has 0 saturated carbocycles. The number of ether oxygens (including phenoxy) is 1. The van der Waals surface area contributed by atoms with E-state index in [0.29, 0.717) is 6.07 Å². The van der Waals surface area contributed by atoms with Crippen molar-refractivity contribution >= 4 is 22.9 Å². The molecule has 6 nitrogen and oxygen atoms in total. The molecular weight excluding hydrogens is 378 g/mol. The number of fused-ring (bicyclic) bond motifs is 1. The number of carbonyl (C=O) groups excluding carboxylic acids is 1. The van der Waals surface area contributed by atoms with Gasteiger partial charge in [0.25, 0.3) is 0 Å². The lowest BCUT2D eigenvalue weighted by atomic mass is 10.1. The highest BCUT2D eigenvalue weighted by atomic mass is 19.4. The van der Waals surface area contributed by atoms with Gasteiger partial charge in [-0.15, -0.1) is 0 Å². The van der Waals surface area contributed by atoms with E-state index in [-0.39, 0.29) is 5.39 Å². The fourth-order valence-corrected chi connectivity index (χ4v) is 1.93. The molecule has 0 aliphatic heterocycles. The monoisotopic (exact) mass is 384 g/mol. The molecule has 1 heterocycles. The van der Waals surface area contributed by atoms with Crippen LogP contribution in [0.3, 0.4) is 0 Å². The Labute approximate surface area is 138 Å². The summed E-state index contributed by atoms with van der Waals surface area (Å²) in [7, 11) is 0. The summed E-state index contributed by atoms with van der Waals surface area (Å²) in [6, 6.07) is 3.37. The molecule has 1 aromatic heterocycles. The fraction of sp³-hybridized carbons (Fsp3) is 0.214. The largest absolute Gasteiger partial charge is 0.477 e. The van der Waals surface area contributed by atoms with E-state index in [0.717, 1.165) is 18.2 Å². The molecule has 2 aromatic rings. The lowest BCUT2D eigenvalue weighted by molar-refractivity contribution is -0.279. The van der Waals surface area contributed by atoms with Gasteiger partial charge in [0.15, 0.2) is 0 Å². The van der Waals surface area contributed by atoms with E-state index in [1.54, 1.807) is 0 Å². The van der Waals surface area contributed by atoms with Crippen molar-refractivity contribution in [3.8, 4) is 5.75 Å². The zero-order valence-corrected chi connectivity index (χ0v) is 12.1. The molecule has 1 aromatic carbocycles. The maximum Gasteiger partial charge on any atom is 0.411 e. The molecule has 0 fully saturated rings. The average Bonchev–Trinajstić information content (AvgIpc) is 2.42. The second-order valence-corrected chi connectivity index (χ2v) is 4.89. The molecule has 26 heavy (non-hydrogen) atoms. The molecule has 0 amide bonds. The van der Waals surface area contributed by atoms with Crippen LogP contribution in [0.1, 0.15) is 10.4 Å². The zero-order valence-electron chi connectivity index (χ0n) is 12.1. The quantitative estimate of drug-likeness (QED) is 0.378. The number of alkyl halides is 6. The van der Waals surface area contributed by atoms with E-state index < -0.39 is 52.7 Å². The van der Waals surface area contributed by atoms with Gasteiger partial charge in [0.1, 0.15) is 16.9 Å². The Balaban J connectivity index is 2.39. The highest BCUT2D eigenvalue weighted by molar-refractivity contribution is 5.91. The summed E-state index contributed by atoms with van der Waals surface area (Å²) in [6.07, 6.45) is -11.8. The summed E-state index contributed by atoms with van der Waals surface area (Å²) in [5.41, 5.74) is -2.45. The Morgan fingerprint density at radius 2 is 1.62 bits per heavy atom. The van der Waals surface area contributed by atoms with E-state index >= 15 is 0 Å². The Morgan fingerprint density at radius 3 is 2.12 bits per heavy atom. The lowest BCUT2D eigenvalue weighted by Gasteiger charge is -2.21. The number of carbonyl (C=O) groups is 2. The molecule has 140 valence electrons. The third-order valence-corrected chi connectivity index (χ3v) is 3.05. The molecule has 2 rings (SSSR count). The second-order valence-electron chi connectivity index (χ2n) is 4.89. The third kappa shape index (κ3) is 3.95. The number of hydrogen-bond acceptors (Lipinski definition) is 5. The fourth-order valence-electron chi connectivity index (χ4n) is 1.93. The first-order chi connectivity index (χ1) is 11.8. The molecule has 0 radical (unpaired) electrons. The molecular formula is C14H6F6O6. The van der Waals surface area contributed by atoms with Crippen molar-refractivity contribution in [1.29, 1.82) is 0 Å². The van der Waals surface area contributed by atoms with Gasteiger partial charge in [-0.25, -0.2) is 9.59 Å². The number of aromatic carboxylic acids is 1. The molecule has 1 N–H and O–H groups in total. The van der Waals surface area contributed by atoms with Gasteiger partial charge in [-0.05, 0) is 18.2 Å². The van der Waals surface area contributed by atoms with Crippen molar-refractivity contribution in [3.05, 3.63) is 40.2 Å². The Hall–Kier alpha value is -3.05. The van der Waals surface area contributed by atoms with Crippen molar-refractivity contribution < 1.29 is 50.2 Å². The molecule has 0 atom stereocenters. The van der Waals surface area contributed by atoms with E-state index in [4.69, 9.17) is 5.11 Å². The van der Waals surface area contributed by atoms with Crippen molar-refractivity contribution in [2.45, 2.75) is 12.4 Å². The average molecular weight is 384 g/mol. The zero-order chi connectivity index (χ0) is 19.9. The van der Waals surface area contributed by atoms with Gasteiger partial charge in [0.2, 0.25) is 5.92 Å².